The van der Waals surface area contributed by atoms with Crippen LogP contribution in [0.1, 0.15) is 23.4 Å². The Morgan fingerprint density at radius 2 is 1.70 bits per heavy atom. The molecule has 0 radical (unpaired) electrons. The lowest BCUT2D eigenvalue weighted by Crippen LogP contribution is -2.38. The van der Waals surface area contributed by atoms with Gasteiger partial charge in [-0.1, -0.05) is 24.3 Å². The summed E-state index contributed by atoms with van der Waals surface area (Å²) in [4.78, 5) is 12.0. The second-order valence-electron chi connectivity index (χ2n) is 6.67. The van der Waals surface area contributed by atoms with Gasteiger partial charge in [-0.15, -0.1) is 24.0 Å². The fourth-order valence-corrected chi connectivity index (χ4v) is 2.99. The van der Waals surface area contributed by atoms with E-state index in [0.717, 1.165) is 53.9 Å². The van der Waals surface area contributed by atoms with Gasteiger partial charge < -0.3 is 15.6 Å². The molecule has 3 aromatic rings. The molecule has 0 atom stereocenters. The average Bonchev–Trinajstić information content (AvgIpc) is 3.12. The summed E-state index contributed by atoms with van der Waals surface area (Å²) in [6.45, 7) is 1.31. The number of aliphatic imine (C=N–C) groups is 1. The van der Waals surface area contributed by atoms with Gasteiger partial charge in [0, 0.05) is 26.6 Å². The molecule has 0 unspecified atom stereocenters. The SMILES string of the molecule is CN=C(NCCCc1nc2ccccc2[nH]1)NCCc1ccc(C(F)(F)F)cc1.I. The normalized spacial score (nSPS) is 11.9. The van der Waals surface area contributed by atoms with Crippen molar-refractivity contribution in [3.63, 3.8) is 0 Å². The molecule has 0 aliphatic heterocycles. The zero-order valence-corrected chi connectivity index (χ0v) is 18.9. The number of aromatic nitrogens is 2. The van der Waals surface area contributed by atoms with Gasteiger partial charge >= 0.3 is 6.18 Å². The molecule has 2 aromatic carbocycles. The minimum Gasteiger partial charge on any atom is -0.356 e. The second kappa shape index (κ2) is 11.2. The number of H-pyrrole nitrogens is 1. The fraction of sp³-hybridized carbons (Fsp3) is 0.333. The number of benzene rings is 2. The number of hydrogen-bond donors (Lipinski definition) is 3. The number of rotatable bonds is 7. The van der Waals surface area contributed by atoms with E-state index in [1.165, 1.54) is 12.1 Å². The molecule has 0 amide bonds. The van der Waals surface area contributed by atoms with Crippen LogP contribution in [0.2, 0.25) is 0 Å². The molecule has 3 N–H and O–H groups in total. The molecule has 9 heteroatoms. The summed E-state index contributed by atoms with van der Waals surface area (Å²) in [7, 11) is 1.69. The van der Waals surface area contributed by atoms with Crippen molar-refractivity contribution >= 4 is 41.0 Å². The topological polar surface area (TPSA) is 65.1 Å². The predicted octanol–water partition coefficient (Wildman–Crippen LogP) is 4.54. The highest BCUT2D eigenvalue weighted by molar-refractivity contribution is 14.0. The van der Waals surface area contributed by atoms with Gasteiger partial charge in [0.15, 0.2) is 5.96 Å². The number of fused-ring (bicyclic) bond motifs is 1. The van der Waals surface area contributed by atoms with Gasteiger partial charge in [-0.2, -0.15) is 13.2 Å². The van der Waals surface area contributed by atoms with Crippen LogP contribution in [-0.4, -0.2) is 36.1 Å². The maximum absolute atomic E-state index is 12.6. The zero-order chi connectivity index (χ0) is 20.7. The number of nitrogens with zero attached hydrogens (tertiary/aromatic N) is 2. The summed E-state index contributed by atoms with van der Waals surface area (Å²) in [5.41, 5.74) is 2.22. The summed E-state index contributed by atoms with van der Waals surface area (Å²) >= 11 is 0. The number of guanidine groups is 1. The number of halogens is 4. The number of para-hydroxylation sites is 2. The minimum absolute atomic E-state index is 0. The Hall–Kier alpha value is -2.30. The van der Waals surface area contributed by atoms with Gasteiger partial charge in [-0.05, 0) is 42.7 Å². The van der Waals surface area contributed by atoms with Gasteiger partial charge in [0.25, 0.3) is 0 Å². The third-order valence-electron chi connectivity index (χ3n) is 4.53. The molecule has 0 bridgehead atoms. The first-order valence-corrected chi connectivity index (χ1v) is 9.50. The molecule has 0 aliphatic carbocycles. The standard InChI is InChI=1S/C21H24F3N5.HI/c1-25-20(27-14-12-15-8-10-16(11-9-15)21(22,23)24)26-13-4-7-19-28-17-5-2-3-6-18(17)29-19;/h2-3,5-6,8-11H,4,7,12-14H2,1H3,(H,28,29)(H2,25,26,27);1H. The van der Waals surface area contributed by atoms with Crippen LogP contribution in [0.3, 0.4) is 0 Å². The van der Waals surface area contributed by atoms with E-state index in [1.54, 1.807) is 7.05 Å². The maximum atomic E-state index is 12.6. The molecule has 5 nitrogen and oxygen atoms in total. The van der Waals surface area contributed by atoms with E-state index in [4.69, 9.17) is 0 Å². The van der Waals surface area contributed by atoms with Crippen LogP contribution < -0.4 is 10.6 Å². The Morgan fingerprint density at radius 1 is 1.00 bits per heavy atom. The highest BCUT2D eigenvalue weighted by Gasteiger charge is 2.29. The summed E-state index contributed by atoms with van der Waals surface area (Å²) in [5.74, 6) is 1.62. The number of aromatic amines is 1. The minimum atomic E-state index is -4.30. The Balaban J connectivity index is 0.00000320. The van der Waals surface area contributed by atoms with Crippen molar-refractivity contribution in [2.24, 2.45) is 4.99 Å². The zero-order valence-electron chi connectivity index (χ0n) is 16.6. The Morgan fingerprint density at radius 3 is 2.37 bits per heavy atom. The molecular weight excluding hydrogens is 506 g/mol. The predicted molar refractivity (Wildman–Crippen MR) is 124 cm³/mol. The van der Waals surface area contributed by atoms with Crippen LogP contribution in [0, 0.1) is 0 Å². The van der Waals surface area contributed by atoms with Crippen molar-refractivity contribution in [2.75, 3.05) is 20.1 Å². The van der Waals surface area contributed by atoms with Gasteiger partial charge in [0.1, 0.15) is 5.82 Å². The largest absolute Gasteiger partial charge is 0.416 e. The smallest absolute Gasteiger partial charge is 0.356 e. The fourth-order valence-electron chi connectivity index (χ4n) is 2.99. The second-order valence-corrected chi connectivity index (χ2v) is 6.67. The molecule has 162 valence electrons. The Kier molecular flexibility index (Phi) is 8.94. The van der Waals surface area contributed by atoms with E-state index in [2.05, 4.69) is 25.6 Å². The first-order valence-electron chi connectivity index (χ1n) is 9.50. The van der Waals surface area contributed by atoms with Gasteiger partial charge in [-0.3, -0.25) is 4.99 Å². The molecule has 0 spiro atoms. The molecule has 0 aliphatic rings. The van der Waals surface area contributed by atoms with E-state index < -0.39 is 11.7 Å². The Bertz CT molecular complexity index is 918. The maximum Gasteiger partial charge on any atom is 0.416 e. The summed E-state index contributed by atoms with van der Waals surface area (Å²) in [6.07, 6.45) is -1.98. The summed E-state index contributed by atoms with van der Waals surface area (Å²) in [5, 5.41) is 6.41. The van der Waals surface area contributed by atoms with Crippen LogP contribution in [0.15, 0.2) is 53.5 Å². The monoisotopic (exact) mass is 531 g/mol. The number of imidazole rings is 1. The van der Waals surface area contributed by atoms with Crippen molar-refractivity contribution in [1.82, 2.24) is 20.6 Å². The van der Waals surface area contributed by atoms with E-state index in [-0.39, 0.29) is 24.0 Å². The lowest BCUT2D eigenvalue weighted by molar-refractivity contribution is -0.137. The number of nitrogens with one attached hydrogen (secondary N) is 3. The molecule has 0 saturated carbocycles. The Labute approximate surface area is 190 Å². The highest BCUT2D eigenvalue weighted by atomic mass is 127. The first-order chi connectivity index (χ1) is 14.0. The third-order valence-corrected chi connectivity index (χ3v) is 4.53. The molecule has 30 heavy (non-hydrogen) atoms. The molecule has 0 fully saturated rings. The number of alkyl halides is 3. The van der Waals surface area contributed by atoms with Crippen LogP contribution in [0.25, 0.3) is 11.0 Å². The van der Waals surface area contributed by atoms with Crippen LogP contribution in [-0.2, 0) is 19.0 Å². The van der Waals surface area contributed by atoms with Gasteiger partial charge in [-0.25, -0.2) is 4.98 Å². The van der Waals surface area contributed by atoms with Crippen molar-refractivity contribution in [2.45, 2.75) is 25.4 Å². The molecule has 0 saturated heterocycles. The van der Waals surface area contributed by atoms with Crippen molar-refractivity contribution < 1.29 is 13.2 Å². The van der Waals surface area contributed by atoms with Crippen molar-refractivity contribution in [1.29, 1.82) is 0 Å². The van der Waals surface area contributed by atoms with Crippen LogP contribution in [0.4, 0.5) is 13.2 Å². The van der Waals surface area contributed by atoms with E-state index >= 15 is 0 Å². The van der Waals surface area contributed by atoms with E-state index in [9.17, 15) is 13.2 Å². The van der Waals surface area contributed by atoms with Gasteiger partial charge in [0.05, 0.1) is 16.6 Å². The number of hydrogen-bond acceptors (Lipinski definition) is 2. The first kappa shape index (κ1) is 24.0. The average molecular weight is 531 g/mol. The van der Waals surface area contributed by atoms with E-state index in [0.29, 0.717) is 18.9 Å². The quantitative estimate of drug-likeness (QED) is 0.182. The van der Waals surface area contributed by atoms with E-state index in [1.807, 2.05) is 24.3 Å². The van der Waals surface area contributed by atoms with Crippen LogP contribution >= 0.6 is 24.0 Å². The lowest BCUT2D eigenvalue weighted by Gasteiger charge is -2.12. The van der Waals surface area contributed by atoms with Crippen molar-refractivity contribution in [3.8, 4) is 0 Å². The summed E-state index contributed by atoms with van der Waals surface area (Å²) < 4.78 is 37.8. The van der Waals surface area contributed by atoms with Gasteiger partial charge in [0.2, 0.25) is 0 Å². The third kappa shape index (κ3) is 6.89. The van der Waals surface area contributed by atoms with Crippen molar-refractivity contribution in [3.05, 3.63) is 65.5 Å². The highest BCUT2D eigenvalue weighted by Crippen LogP contribution is 2.29. The molecular formula is C21H25F3IN5. The summed E-state index contributed by atoms with van der Waals surface area (Å²) in [6, 6.07) is 13.2. The molecule has 3 rings (SSSR count). The number of aryl methyl sites for hydroxylation is 1. The molecule has 1 aromatic heterocycles. The van der Waals surface area contributed by atoms with Crippen LogP contribution in [0.5, 0.6) is 0 Å². The molecule has 1 heterocycles. The lowest BCUT2D eigenvalue weighted by atomic mass is 10.1.